The molecule has 2 heterocycles. The van der Waals surface area contributed by atoms with Crippen molar-refractivity contribution in [2.24, 2.45) is 5.92 Å². The van der Waals surface area contributed by atoms with Crippen LogP contribution >= 0.6 is 24.0 Å². The molecule has 180 valence electrons. The zero-order valence-electron chi connectivity index (χ0n) is 19.8. The predicted octanol–water partition coefficient (Wildman–Crippen LogP) is 5.59. The number of amides is 1. The van der Waals surface area contributed by atoms with Crippen LogP contribution < -0.4 is 4.74 Å². The summed E-state index contributed by atoms with van der Waals surface area (Å²) in [7, 11) is 0. The highest BCUT2D eigenvalue weighted by Crippen LogP contribution is 2.39. The number of carboxylic acids is 1. The van der Waals surface area contributed by atoms with Crippen LogP contribution in [0.4, 0.5) is 0 Å². The lowest BCUT2D eigenvalue weighted by atomic mass is 10.0. The smallest absolute Gasteiger partial charge is 0.327 e. The summed E-state index contributed by atoms with van der Waals surface area (Å²) in [6.45, 7) is 7.30. The Morgan fingerprint density at radius 1 is 1.11 bits per heavy atom. The van der Waals surface area contributed by atoms with Crippen LogP contribution in [0.1, 0.15) is 30.7 Å². The molecule has 1 saturated heterocycles. The fourth-order valence-electron chi connectivity index (χ4n) is 3.85. The van der Waals surface area contributed by atoms with Gasteiger partial charge in [-0.1, -0.05) is 74.2 Å². The van der Waals surface area contributed by atoms with E-state index in [0.717, 1.165) is 23.0 Å². The number of aliphatic carboxylic acids is 1. The normalized spacial score (nSPS) is 15.8. The molecule has 0 radical (unpaired) electrons. The minimum atomic E-state index is -1.09. The first-order chi connectivity index (χ1) is 16.7. The van der Waals surface area contributed by atoms with Crippen molar-refractivity contribution in [1.82, 2.24) is 14.7 Å². The highest BCUT2D eigenvalue weighted by Gasteiger charge is 2.42. The minimum Gasteiger partial charge on any atom is -0.480 e. The summed E-state index contributed by atoms with van der Waals surface area (Å²) < 4.78 is 8.28. The summed E-state index contributed by atoms with van der Waals surface area (Å²) in [5.74, 6) is -0.717. The lowest BCUT2D eigenvalue weighted by molar-refractivity contribution is -0.146. The Balaban J connectivity index is 1.82. The molecule has 0 unspecified atom stereocenters. The Morgan fingerprint density at radius 3 is 2.40 bits per heavy atom. The summed E-state index contributed by atoms with van der Waals surface area (Å²) in [4.78, 5) is 26.7. The summed E-state index contributed by atoms with van der Waals surface area (Å²) in [5.41, 5.74) is 3.02. The van der Waals surface area contributed by atoms with Crippen LogP contribution in [-0.2, 0) is 9.59 Å². The number of carbonyl (C=O) groups is 2. The average molecular weight is 508 g/mol. The van der Waals surface area contributed by atoms with Crippen LogP contribution in [0.3, 0.4) is 0 Å². The summed E-state index contributed by atoms with van der Waals surface area (Å²) >= 11 is 6.49. The third-order valence-corrected chi connectivity index (χ3v) is 6.96. The number of thioether (sulfide) groups is 1. The van der Waals surface area contributed by atoms with Crippen molar-refractivity contribution in [3.8, 4) is 17.3 Å². The first-order valence-electron chi connectivity index (χ1n) is 11.1. The first-order valence-corrected chi connectivity index (χ1v) is 12.3. The second-order valence-electron chi connectivity index (χ2n) is 8.50. The average Bonchev–Trinajstić information content (AvgIpc) is 3.26. The van der Waals surface area contributed by atoms with Crippen molar-refractivity contribution in [3.63, 3.8) is 0 Å². The third kappa shape index (κ3) is 4.87. The van der Waals surface area contributed by atoms with Crippen molar-refractivity contribution in [1.29, 1.82) is 0 Å². The molecule has 0 saturated carbocycles. The van der Waals surface area contributed by atoms with Gasteiger partial charge in [-0.15, -0.1) is 0 Å². The number of nitrogens with zero attached hydrogens (tertiary/aromatic N) is 3. The van der Waals surface area contributed by atoms with Gasteiger partial charge in [0.1, 0.15) is 16.1 Å². The number of thiocarbonyl (C=S) groups is 1. The lowest BCUT2D eigenvalue weighted by Gasteiger charge is -2.26. The molecular formula is C26H25N3O4S2. The van der Waals surface area contributed by atoms with E-state index >= 15 is 0 Å². The van der Waals surface area contributed by atoms with Gasteiger partial charge in [-0.05, 0) is 49.6 Å². The second-order valence-corrected chi connectivity index (χ2v) is 10.2. The highest BCUT2D eigenvalue weighted by molar-refractivity contribution is 8.26. The molecule has 4 rings (SSSR count). The van der Waals surface area contributed by atoms with Crippen molar-refractivity contribution >= 4 is 46.3 Å². The van der Waals surface area contributed by atoms with Gasteiger partial charge in [0.25, 0.3) is 5.91 Å². The van der Waals surface area contributed by atoms with Crippen LogP contribution in [0.25, 0.3) is 11.8 Å². The van der Waals surface area contributed by atoms with Gasteiger partial charge < -0.3 is 9.84 Å². The van der Waals surface area contributed by atoms with Gasteiger partial charge in [0.05, 0.1) is 21.8 Å². The van der Waals surface area contributed by atoms with Gasteiger partial charge in [-0.3, -0.25) is 9.69 Å². The molecule has 1 N–H and O–H groups in total. The molecule has 35 heavy (non-hydrogen) atoms. The minimum absolute atomic E-state index is 0.219. The summed E-state index contributed by atoms with van der Waals surface area (Å²) in [5, 5.41) is 14.4. The van der Waals surface area contributed by atoms with E-state index < -0.39 is 17.9 Å². The van der Waals surface area contributed by atoms with E-state index in [-0.39, 0.29) is 10.2 Å². The monoisotopic (exact) mass is 507 g/mol. The SMILES string of the molecule is Cc1ccccc1Oc1c(/C=C2\SC(=S)N([C@H](C(=O)O)C(C)C)C2=O)c(C)nn1-c1ccccc1. The molecule has 0 bridgehead atoms. The number of aryl methyl sites for hydroxylation is 2. The van der Waals surface area contributed by atoms with Crippen LogP contribution in [0, 0.1) is 19.8 Å². The molecule has 1 aliphatic heterocycles. The van der Waals surface area contributed by atoms with Crippen molar-refractivity contribution in [2.45, 2.75) is 33.7 Å². The number of carbonyl (C=O) groups excluding carboxylic acids is 1. The van der Waals surface area contributed by atoms with E-state index in [0.29, 0.717) is 27.8 Å². The zero-order valence-corrected chi connectivity index (χ0v) is 21.4. The van der Waals surface area contributed by atoms with Gasteiger partial charge in [0.2, 0.25) is 5.88 Å². The first kappa shape index (κ1) is 24.7. The molecule has 9 heteroatoms. The van der Waals surface area contributed by atoms with Gasteiger partial charge >= 0.3 is 5.97 Å². The molecule has 2 aromatic carbocycles. The van der Waals surface area contributed by atoms with Crippen molar-refractivity contribution in [2.75, 3.05) is 0 Å². The number of para-hydroxylation sites is 2. The molecule has 0 aliphatic carbocycles. The number of hydrogen-bond donors (Lipinski definition) is 1. The maximum atomic E-state index is 13.3. The fourth-order valence-corrected chi connectivity index (χ4v) is 5.16. The van der Waals surface area contributed by atoms with E-state index in [4.69, 9.17) is 17.0 Å². The molecule has 7 nitrogen and oxygen atoms in total. The fraction of sp³-hybridized carbons (Fsp3) is 0.231. The molecule has 1 atom stereocenters. The van der Waals surface area contributed by atoms with E-state index in [1.807, 2.05) is 68.4 Å². The number of ether oxygens (including phenoxy) is 1. The van der Waals surface area contributed by atoms with E-state index in [9.17, 15) is 14.7 Å². The largest absolute Gasteiger partial charge is 0.480 e. The Morgan fingerprint density at radius 2 is 1.77 bits per heavy atom. The Labute approximate surface area is 213 Å². The van der Waals surface area contributed by atoms with E-state index in [1.165, 1.54) is 4.90 Å². The Bertz CT molecular complexity index is 1330. The Kier molecular flexibility index (Phi) is 7.09. The molecular weight excluding hydrogens is 482 g/mol. The summed E-state index contributed by atoms with van der Waals surface area (Å²) in [6, 6.07) is 16.2. The van der Waals surface area contributed by atoms with Crippen LogP contribution in [0.15, 0.2) is 59.5 Å². The predicted molar refractivity (Wildman–Crippen MR) is 141 cm³/mol. The third-order valence-electron chi connectivity index (χ3n) is 5.63. The molecule has 1 fully saturated rings. The number of benzene rings is 2. The number of rotatable bonds is 7. The second kappa shape index (κ2) is 10.1. The summed E-state index contributed by atoms with van der Waals surface area (Å²) in [6.07, 6.45) is 1.69. The van der Waals surface area contributed by atoms with Gasteiger partial charge in [-0.25, -0.2) is 4.79 Å². The standard InChI is InChI=1S/C26H25N3O4S2/c1-15(2)22(25(31)32)28-23(30)21(35-26(28)34)14-19-17(4)27-29(18-11-6-5-7-12-18)24(19)33-20-13-9-8-10-16(20)3/h5-15,22H,1-4H3,(H,31,32)/b21-14-/t22-/m0/s1. The Hall–Kier alpha value is -3.43. The van der Waals surface area contributed by atoms with Crippen LogP contribution in [0.2, 0.25) is 0 Å². The van der Waals surface area contributed by atoms with Crippen LogP contribution in [0.5, 0.6) is 11.6 Å². The van der Waals surface area contributed by atoms with Crippen molar-refractivity contribution in [3.05, 3.63) is 76.3 Å². The van der Waals surface area contributed by atoms with Gasteiger partial charge in [0, 0.05) is 0 Å². The molecule has 1 amide bonds. The maximum Gasteiger partial charge on any atom is 0.327 e. The van der Waals surface area contributed by atoms with Crippen molar-refractivity contribution < 1.29 is 19.4 Å². The number of hydrogen-bond acceptors (Lipinski definition) is 6. The van der Waals surface area contributed by atoms with Gasteiger partial charge in [-0.2, -0.15) is 9.78 Å². The molecule has 1 aliphatic rings. The lowest BCUT2D eigenvalue weighted by Crippen LogP contribution is -2.47. The molecule has 1 aromatic heterocycles. The van der Waals surface area contributed by atoms with Crippen LogP contribution in [-0.4, -0.2) is 42.0 Å². The highest BCUT2D eigenvalue weighted by atomic mass is 32.2. The maximum absolute atomic E-state index is 13.3. The molecule has 3 aromatic rings. The van der Waals surface area contributed by atoms with E-state index in [1.54, 1.807) is 24.6 Å². The number of carboxylic acid groups (broad SMARTS) is 1. The quantitative estimate of drug-likeness (QED) is 0.329. The molecule has 0 spiro atoms. The topological polar surface area (TPSA) is 84.7 Å². The van der Waals surface area contributed by atoms with E-state index in [2.05, 4.69) is 5.10 Å². The number of aromatic nitrogens is 2. The zero-order chi connectivity index (χ0) is 25.3. The van der Waals surface area contributed by atoms with Gasteiger partial charge in [0.15, 0.2) is 0 Å².